The minimum atomic E-state index is -0.681. The lowest BCUT2D eigenvalue weighted by molar-refractivity contribution is -0.123. The lowest BCUT2D eigenvalue weighted by Crippen LogP contribution is -2.35. The summed E-state index contributed by atoms with van der Waals surface area (Å²) in [4.78, 5) is 12.3. The van der Waals surface area contributed by atoms with E-state index in [9.17, 15) is 4.79 Å². The minimum absolute atomic E-state index is 0. The lowest BCUT2D eigenvalue weighted by atomic mass is 10.0. The van der Waals surface area contributed by atoms with Gasteiger partial charge in [-0.2, -0.15) is 0 Å². The van der Waals surface area contributed by atoms with Crippen LogP contribution in [0.4, 0.5) is 0 Å². The Hall–Kier alpha value is -1.56. The third-order valence-corrected chi connectivity index (χ3v) is 4.37. The van der Waals surface area contributed by atoms with Crippen molar-refractivity contribution >= 4 is 34.2 Å². The molecule has 2 aromatic carbocycles. The molecular weight excluding hydrogens is 392 g/mol. The van der Waals surface area contributed by atoms with E-state index in [1.54, 1.807) is 7.11 Å². The largest absolute Gasteiger partial charge is 0.496 e. The van der Waals surface area contributed by atoms with Gasteiger partial charge in [0.05, 0.1) is 17.6 Å². The van der Waals surface area contributed by atoms with Crippen LogP contribution in [0.1, 0.15) is 35.7 Å². The highest BCUT2D eigenvalue weighted by atomic mass is 79.9. The molecule has 0 saturated carbocycles. The molecule has 2 rings (SSSR count). The molecule has 0 saturated heterocycles. The number of methoxy groups -OCH3 is 1. The summed E-state index contributed by atoms with van der Waals surface area (Å²) < 4.78 is 6.06. The molecule has 0 aromatic heterocycles. The number of hydrogen-bond donors (Lipinski definition) is 2. The van der Waals surface area contributed by atoms with Gasteiger partial charge in [0.1, 0.15) is 11.8 Å². The zero-order chi connectivity index (χ0) is 17.0. The highest BCUT2D eigenvalue weighted by molar-refractivity contribution is 9.10. The van der Waals surface area contributed by atoms with E-state index < -0.39 is 6.04 Å². The third-order valence-electron chi connectivity index (χ3n) is 3.75. The Morgan fingerprint density at radius 2 is 1.75 bits per heavy atom. The molecule has 0 radical (unpaired) electrons. The molecule has 0 aliphatic carbocycles. The maximum absolute atomic E-state index is 12.3. The van der Waals surface area contributed by atoms with Crippen LogP contribution in [0.25, 0.3) is 0 Å². The molecule has 6 heteroatoms. The van der Waals surface area contributed by atoms with Crippen molar-refractivity contribution in [2.45, 2.75) is 25.9 Å². The number of ether oxygens (including phenoxy) is 1. The standard InChI is InChI=1S/C18H21BrN2O2.ClH/c1-11-4-6-13(7-5-11)17(20)18(22)21-12(2)14-8-9-16(23-3)15(19)10-14;/h4-10,12,17H,20H2,1-3H3,(H,21,22);1H. The van der Waals surface area contributed by atoms with E-state index in [0.717, 1.165) is 26.9 Å². The topological polar surface area (TPSA) is 64.3 Å². The minimum Gasteiger partial charge on any atom is -0.496 e. The maximum Gasteiger partial charge on any atom is 0.241 e. The summed E-state index contributed by atoms with van der Waals surface area (Å²) in [6, 6.07) is 12.6. The van der Waals surface area contributed by atoms with Gasteiger partial charge < -0.3 is 15.8 Å². The number of nitrogens with one attached hydrogen (secondary N) is 1. The first kappa shape index (κ1) is 20.5. The van der Waals surface area contributed by atoms with Crippen molar-refractivity contribution in [1.29, 1.82) is 0 Å². The van der Waals surface area contributed by atoms with Gasteiger partial charge in [0, 0.05) is 0 Å². The Bertz CT molecular complexity index is 692. The van der Waals surface area contributed by atoms with Gasteiger partial charge in [0.2, 0.25) is 5.91 Å². The Morgan fingerprint density at radius 3 is 2.29 bits per heavy atom. The molecule has 0 fully saturated rings. The molecule has 0 aliphatic rings. The number of aryl methyl sites for hydroxylation is 1. The van der Waals surface area contributed by atoms with Crippen LogP contribution in [0.3, 0.4) is 0 Å². The first-order valence-electron chi connectivity index (χ1n) is 7.38. The number of rotatable bonds is 5. The van der Waals surface area contributed by atoms with Crippen molar-refractivity contribution in [3.05, 3.63) is 63.6 Å². The zero-order valence-electron chi connectivity index (χ0n) is 13.9. The van der Waals surface area contributed by atoms with Gasteiger partial charge in [-0.05, 0) is 53.0 Å². The van der Waals surface area contributed by atoms with Crippen LogP contribution in [0.15, 0.2) is 46.9 Å². The van der Waals surface area contributed by atoms with Gasteiger partial charge in [-0.1, -0.05) is 35.9 Å². The second-order valence-corrected chi connectivity index (χ2v) is 6.37. The summed E-state index contributed by atoms with van der Waals surface area (Å²) in [7, 11) is 1.62. The van der Waals surface area contributed by atoms with Crippen LogP contribution in [-0.4, -0.2) is 13.0 Å². The molecule has 0 heterocycles. The highest BCUT2D eigenvalue weighted by Crippen LogP contribution is 2.28. The van der Waals surface area contributed by atoms with E-state index >= 15 is 0 Å². The number of amides is 1. The average Bonchev–Trinajstić information content (AvgIpc) is 2.54. The molecule has 0 aliphatic heterocycles. The Labute approximate surface area is 157 Å². The summed E-state index contributed by atoms with van der Waals surface area (Å²) in [5, 5.41) is 2.95. The molecule has 3 N–H and O–H groups in total. The summed E-state index contributed by atoms with van der Waals surface area (Å²) in [6.45, 7) is 3.92. The number of carbonyl (C=O) groups excluding carboxylic acids is 1. The molecule has 24 heavy (non-hydrogen) atoms. The predicted octanol–water partition coefficient (Wildman–Crippen LogP) is 4.07. The van der Waals surface area contributed by atoms with Crippen LogP contribution in [-0.2, 0) is 4.79 Å². The normalized spacial score (nSPS) is 12.7. The highest BCUT2D eigenvalue weighted by Gasteiger charge is 2.18. The lowest BCUT2D eigenvalue weighted by Gasteiger charge is -2.19. The van der Waals surface area contributed by atoms with E-state index in [1.807, 2.05) is 56.3 Å². The van der Waals surface area contributed by atoms with Crippen LogP contribution >= 0.6 is 28.3 Å². The van der Waals surface area contributed by atoms with Crippen molar-refractivity contribution in [2.24, 2.45) is 5.73 Å². The zero-order valence-corrected chi connectivity index (χ0v) is 16.3. The van der Waals surface area contributed by atoms with E-state index in [4.69, 9.17) is 10.5 Å². The van der Waals surface area contributed by atoms with Crippen LogP contribution < -0.4 is 15.8 Å². The van der Waals surface area contributed by atoms with Gasteiger partial charge >= 0.3 is 0 Å². The fourth-order valence-electron chi connectivity index (χ4n) is 2.26. The van der Waals surface area contributed by atoms with Gasteiger partial charge in [0.15, 0.2) is 0 Å². The second-order valence-electron chi connectivity index (χ2n) is 5.51. The first-order chi connectivity index (χ1) is 10.9. The predicted molar refractivity (Wildman–Crippen MR) is 103 cm³/mol. The van der Waals surface area contributed by atoms with Crippen molar-refractivity contribution in [3.8, 4) is 5.75 Å². The number of benzene rings is 2. The van der Waals surface area contributed by atoms with Crippen LogP contribution in [0.5, 0.6) is 5.75 Å². The Morgan fingerprint density at radius 1 is 1.17 bits per heavy atom. The van der Waals surface area contributed by atoms with Crippen molar-refractivity contribution < 1.29 is 9.53 Å². The molecular formula is C18H22BrClN2O2. The summed E-state index contributed by atoms with van der Waals surface area (Å²) in [5.74, 6) is 0.553. The fraction of sp³-hybridized carbons (Fsp3) is 0.278. The van der Waals surface area contributed by atoms with E-state index in [0.29, 0.717) is 0 Å². The van der Waals surface area contributed by atoms with E-state index in [-0.39, 0.29) is 24.4 Å². The Balaban J connectivity index is 0.00000288. The van der Waals surface area contributed by atoms with Crippen molar-refractivity contribution in [3.63, 3.8) is 0 Å². The van der Waals surface area contributed by atoms with E-state index in [2.05, 4.69) is 21.2 Å². The quantitative estimate of drug-likeness (QED) is 0.777. The molecule has 130 valence electrons. The summed E-state index contributed by atoms with van der Waals surface area (Å²) in [5.41, 5.74) is 8.96. The smallest absolute Gasteiger partial charge is 0.241 e. The molecule has 0 spiro atoms. The molecule has 2 unspecified atom stereocenters. The molecule has 1 amide bonds. The third kappa shape index (κ3) is 4.97. The molecule has 4 nitrogen and oxygen atoms in total. The maximum atomic E-state index is 12.3. The monoisotopic (exact) mass is 412 g/mol. The SMILES string of the molecule is COc1ccc(C(C)NC(=O)C(N)c2ccc(C)cc2)cc1Br.Cl. The van der Waals surface area contributed by atoms with Crippen LogP contribution in [0.2, 0.25) is 0 Å². The number of hydrogen-bond acceptors (Lipinski definition) is 3. The summed E-state index contributed by atoms with van der Waals surface area (Å²) >= 11 is 3.45. The second kappa shape index (κ2) is 9.06. The molecule has 2 aromatic rings. The average molecular weight is 414 g/mol. The number of nitrogens with two attached hydrogens (primary N) is 1. The number of halogens is 2. The van der Waals surface area contributed by atoms with Gasteiger partial charge in [0.25, 0.3) is 0 Å². The van der Waals surface area contributed by atoms with Gasteiger partial charge in [-0.3, -0.25) is 4.79 Å². The van der Waals surface area contributed by atoms with Crippen LogP contribution in [0, 0.1) is 6.92 Å². The van der Waals surface area contributed by atoms with E-state index in [1.165, 1.54) is 0 Å². The van der Waals surface area contributed by atoms with Gasteiger partial charge in [-0.25, -0.2) is 0 Å². The fourth-order valence-corrected chi connectivity index (χ4v) is 2.82. The summed E-state index contributed by atoms with van der Waals surface area (Å²) in [6.07, 6.45) is 0. The Kier molecular flexibility index (Phi) is 7.73. The first-order valence-corrected chi connectivity index (χ1v) is 8.17. The van der Waals surface area contributed by atoms with Crippen molar-refractivity contribution in [2.75, 3.05) is 7.11 Å². The number of carbonyl (C=O) groups is 1. The molecule has 2 atom stereocenters. The van der Waals surface area contributed by atoms with Crippen molar-refractivity contribution in [1.82, 2.24) is 5.32 Å². The van der Waals surface area contributed by atoms with Gasteiger partial charge in [-0.15, -0.1) is 12.4 Å². The molecule has 0 bridgehead atoms.